The fourth-order valence-electron chi connectivity index (χ4n) is 3.72. The van der Waals surface area contributed by atoms with E-state index >= 15 is 0 Å². The summed E-state index contributed by atoms with van der Waals surface area (Å²) in [5.74, 6) is 1.58. The van der Waals surface area contributed by atoms with Crippen LogP contribution in [0.25, 0.3) is 11.1 Å². The van der Waals surface area contributed by atoms with E-state index in [-0.39, 0.29) is 5.92 Å². The molecule has 0 saturated carbocycles. The molecular weight excluding hydrogens is 350 g/mol. The van der Waals surface area contributed by atoms with Gasteiger partial charge in [-0.25, -0.2) is 4.98 Å². The summed E-state index contributed by atoms with van der Waals surface area (Å²) in [6.45, 7) is 1.46. The van der Waals surface area contributed by atoms with Crippen molar-refractivity contribution >= 4 is 27.0 Å². The molecular formula is C19H17N3O3S. The van der Waals surface area contributed by atoms with Crippen molar-refractivity contribution < 1.29 is 12.8 Å². The van der Waals surface area contributed by atoms with Crippen LogP contribution in [0.2, 0.25) is 0 Å². The van der Waals surface area contributed by atoms with Crippen LogP contribution in [0.5, 0.6) is 0 Å². The van der Waals surface area contributed by atoms with Crippen molar-refractivity contribution in [3.8, 4) is 0 Å². The van der Waals surface area contributed by atoms with E-state index in [1.165, 1.54) is 0 Å². The van der Waals surface area contributed by atoms with Crippen molar-refractivity contribution in [2.24, 2.45) is 4.40 Å². The number of para-hydroxylation sites is 2. The fourth-order valence-corrected chi connectivity index (χ4v) is 4.95. The molecule has 2 aliphatic heterocycles. The average molecular weight is 367 g/mol. The van der Waals surface area contributed by atoms with E-state index in [0.29, 0.717) is 16.3 Å². The first-order valence-electron chi connectivity index (χ1n) is 8.67. The van der Waals surface area contributed by atoms with E-state index in [9.17, 15) is 8.42 Å². The van der Waals surface area contributed by atoms with Gasteiger partial charge in [-0.15, -0.1) is 4.40 Å². The SMILES string of the molecule is O=S1(=O)N=C(N2CCC(c3nc4ccccc4o3)CC2)c2ccccc21. The van der Waals surface area contributed by atoms with Crippen molar-refractivity contribution in [3.05, 3.63) is 60.0 Å². The summed E-state index contributed by atoms with van der Waals surface area (Å²) in [5, 5.41) is 0. The average Bonchev–Trinajstić information content (AvgIpc) is 3.21. The molecule has 3 heterocycles. The number of nitrogens with zero attached hydrogens (tertiary/aromatic N) is 3. The number of fused-ring (bicyclic) bond motifs is 2. The number of hydrogen-bond donors (Lipinski definition) is 0. The summed E-state index contributed by atoms with van der Waals surface area (Å²) in [5.41, 5.74) is 2.39. The summed E-state index contributed by atoms with van der Waals surface area (Å²) in [4.78, 5) is 6.97. The minimum atomic E-state index is -3.57. The van der Waals surface area contributed by atoms with Crippen molar-refractivity contribution in [2.45, 2.75) is 23.7 Å². The molecule has 2 aliphatic rings. The van der Waals surface area contributed by atoms with Gasteiger partial charge in [0.05, 0.1) is 0 Å². The quantitative estimate of drug-likeness (QED) is 0.660. The number of benzene rings is 2. The Morgan fingerprint density at radius 3 is 2.54 bits per heavy atom. The molecule has 0 radical (unpaired) electrons. The predicted octanol–water partition coefficient (Wildman–Crippen LogP) is 3.16. The molecule has 132 valence electrons. The molecule has 2 aromatic carbocycles. The molecule has 5 rings (SSSR count). The van der Waals surface area contributed by atoms with E-state index in [0.717, 1.165) is 42.9 Å². The monoisotopic (exact) mass is 367 g/mol. The lowest BCUT2D eigenvalue weighted by Crippen LogP contribution is -2.37. The Morgan fingerprint density at radius 2 is 1.73 bits per heavy atom. The number of likely N-dealkylation sites (tertiary alicyclic amines) is 1. The van der Waals surface area contributed by atoms with Crippen LogP contribution < -0.4 is 0 Å². The molecule has 0 aliphatic carbocycles. The first-order chi connectivity index (χ1) is 12.6. The second-order valence-corrected chi connectivity index (χ2v) is 8.24. The summed E-state index contributed by atoms with van der Waals surface area (Å²) in [6.07, 6.45) is 1.71. The summed E-state index contributed by atoms with van der Waals surface area (Å²) in [7, 11) is -3.57. The van der Waals surface area contributed by atoms with Crippen molar-refractivity contribution in [1.82, 2.24) is 9.88 Å². The predicted molar refractivity (Wildman–Crippen MR) is 97.7 cm³/mol. The molecule has 1 aromatic heterocycles. The number of hydrogen-bond acceptors (Lipinski definition) is 5. The lowest BCUT2D eigenvalue weighted by molar-refractivity contribution is 0.288. The van der Waals surface area contributed by atoms with Crippen LogP contribution in [0, 0.1) is 0 Å². The number of oxazole rings is 1. The van der Waals surface area contributed by atoms with E-state index in [4.69, 9.17) is 4.42 Å². The van der Waals surface area contributed by atoms with Gasteiger partial charge in [-0.05, 0) is 37.1 Å². The molecule has 0 unspecified atom stereocenters. The number of aromatic nitrogens is 1. The second-order valence-electron chi connectivity index (χ2n) is 6.67. The normalized spacial score (nSPS) is 19.5. The maximum atomic E-state index is 12.3. The summed E-state index contributed by atoms with van der Waals surface area (Å²) in [6, 6.07) is 14.8. The number of sulfonamides is 1. The Bertz CT molecular complexity index is 1090. The standard InChI is InChI=1S/C19H17N3O3S/c23-26(24)17-8-4-1-5-14(17)18(21-26)22-11-9-13(10-12-22)19-20-15-6-2-3-7-16(15)25-19/h1-8,13H,9-12H2. The fraction of sp³-hybridized carbons (Fsp3) is 0.263. The topological polar surface area (TPSA) is 75.8 Å². The molecule has 3 aromatic rings. The first kappa shape index (κ1) is 15.6. The van der Waals surface area contributed by atoms with Gasteiger partial charge in [0.15, 0.2) is 17.3 Å². The van der Waals surface area contributed by atoms with Gasteiger partial charge in [-0.2, -0.15) is 8.42 Å². The maximum absolute atomic E-state index is 12.3. The van der Waals surface area contributed by atoms with E-state index in [1.807, 2.05) is 36.4 Å². The molecule has 6 nitrogen and oxygen atoms in total. The van der Waals surface area contributed by atoms with Gasteiger partial charge in [0.1, 0.15) is 10.4 Å². The lowest BCUT2D eigenvalue weighted by Gasteiger charge is -2.32. The Balaban J connectivity index is 1.38. The molecule has 1 fully saturated rings. The molecule has 0 N–H and O–H groups in total. The molecule has 1 saturated heterocycles. The zero-order valence-corrected chi connectivity index (χ0v) is 14.8. The third-order valence-corrected chi connectivity index (χ3v) is 6.39. The largest absolute Gasteiger partial charge is 0.440 e. The van der Waals surface area contributed by atoms with Crippen LogP contribution in [0.1, 0.15) is 30.2 Å². The Labute approximate surface area is 151 Å². The molecule has 26 heavy (non-hydrogen) atoms. The van der Waals surface area contributed by atoms with Gasteiger partial charge >= 0.3 is 0 Å². The third-order valence-electron chi connectivity index (χ3n) is 5.07. The summed E-state index contributed by atoms with van der Waals surface area (Å²) < 4.78 is 34.4. The van der Waals surface area contributed by atoms with Gasteiger partial charge in [-0.3, -0.25) is 0 Å². The van der Waals surface area contributed by atoms with E-state index in [1.54, 1.807) is 12.1 Å². The van der Waals surface area contributed by atoms with Crippen LogP contribution >= 0.6 is 0 Å². The van der Waals surface area contributed by atoms with Gasteiger partial charge in [-0.1, -0.05) is 24.3 Å². The lowest BCUT2D eigenvalue weighted by atomic mass is 9.96. The molecule has 0 bridgehead atoms. The molecule has 7 heteroatoms. The van der Waals surface area contributed by atoms with Crippen LogP contribution in [0.4, 0.5) is 0 Å². The van der Waals surface area contributed by atoms with Crippen LogP contribution in [0.15, 0.2) is 62.2 Å². The Morgan fingerprint density at radius 1 is 1.00 bits per heavy atom. The summed E-state index contributed by atoms with van der Waals surface area (Å²) >= 11 is 0. The van der Waals surface area contributed by atoms with Crippen LogP contribution in [-0.2, 0) is 10.0 Å². The smallest absolute Gasteiger partial charge is 0.285 e. The van der Waals surface area contributed by atoms with E-state index < -0.39 is 10.0 Å². The minimum absolute atomic E-state index is 0.243. The van der Waals surface area contributed by atoms with Crippen molar-refractivity contribution in [2.75, 3.05) is 13.1 Å². The third kappa shape index (κ3) is 2.42. The van der Waals surface area contributed by atoms with Gasteiger partial charge in [0, 0.05) is 24.6 Å². The highest BCUT2D eigenvalue weighted by Crippen LogP contribution is 2.33. The van der Waals surface area contributed by atoms with Crippen LogP contribution in [0.3, 0.4) is 0 Å². The molecule has 0 atom stereocenters. The Kier molecular flexibility index (Phi) is 3.40. The van der Waals surface area contributed by atoms with Gasteiger partial charge in [0.25, 0.3) is 10.0 Å². The van der Waals surface area contributed by atoms with Gasteiger partial charge in [0.2, 0.25) is 0 Å². The molecule has 0 spiro atoms. The zero-order valence-electron chi connectivity index (χ0n) is 14.0. The second kappa shape index (κ2) is 5.67. The number of piperidine rings is 1. The highest BCUT2D eigenvalue weighted by molar-refractivity contribution is 7.90. The van der Waals surface area contributed by atoms with Crippen molar-refractivity contribution in [1.29, 1.82) is 0 Å². The first-order valence-corrected chi connectivity index (χ1v) is 10.1. The maximum Gasteiger partial charge on any atom is 0.285 e. The zero-order chi connectivity index (χ0) is 17.7. The van der Waals surface area contributed by atoms with Crippen LogP contribution in [-0.4, -0.2) is 37.2 Å². The highest BCUT2D eigenvalue weighted by Gasteiger charge is 2.34. The molecule has 0 amide bonds. The number of rotatable bonds is 1. The highest BCUT2D eigenvalue weighted by atomic mass is 32.2. The number of amidine groups is 1. The minimum Gasteiger partial charge on any atom is -0.440 e. The van der Waals surface area contributed by atoms with Gasteiger partial charge < -0.3 is 9.32 Å². The Hall–Kier alpha value is -2.67. The van der Waals surface area contributed by atoms with E-state index in [2.05, 4.69) is 14.3 Å². The van der Waals surface area contributed by atoms with Crippen molar-refractivity contribution in [3.63, 3.8) is 0 Å².